The van der Waals surface area contributed by atoms with Crippen molar-refractivity contribution < 1.29 is 28.6 Å². The Morgan fingerprint density at radius 2 is 1.77 bits per heavy atom. The second-order valence-corrected chi connectivity index (χ2v) is 7.41. The molecule has 1 saturated heterocycles. The molecule has 0 saturated carbocycles. The normalized spacial score (nSPS) is 18.0. The van der Waals surface area contributed by atoms with E-state index in [-0.39, 0.29) is 29.2 Å². The van der Waals surface area contributed by atoms with Crippen LogP contribution in [0.1, 0.15) is 17.2 Å². The fraction of sp³-hybridized carbons (Fsp3) is 0.304. The summed E-state index contributed by atoms with van der Waals surface area (Å²) in [5, 5.41) is 11.1. The Morgan fingerprint density at radius 3 is 2.35 bits per heavy atom. The molecule has 164 valence electrons. The van der Waals surface area contributed by atoms with Crippen LogP contribution in [0.3, 0.4) is 0 Å². The van der Waals surface area contributed by atoms with Crippen molar-refractivity contribution in [2.24, 2.45) is 0 Å². The highest BCUT2D eigenvalue weighted by Gasteiger charge is 2.46. The molecule has 7 nitrogen and oxygen atoms in total. The average molecular weight is 428 g/mol. The van der Waals surface area contributed by atoms with Crippen LogP contribution in [-0.4, -0.2) is 68.0 Å². The number of nitrogens with zero attached hydrogens (tertiary/aromatic N) is 2. The van der Waals surface area contributed by atoms with Gasteiger partial charge in [0.15, 0.2) is 0 Å². The SMILES string of the molecule is COc1ccc(/C(O)=C2\C(=O)C(=O)N(CCN(C)C)C2c2ccc(F)cc2)c(OC)c1. The summed E-state index contributed by atoms with van der Waals surface area (Å²) in [5.41, 5.74) is 0.702. The number of halogens is 1. The molecular weight excluding hydrogens is 403 g/mol. The van der Waals surface area contributed by atoms with Gasteiger partial charge in [0.2, 0.25) is 0 Å². The molecule has 0 spiro atoms. The van der Waals surface area contributed by atoms with E-state index in [0.29, 0.717) is 17.9 Å². The zero-order valence-electron chi connectivity index (χ0n) is 17.9. The third kappa shape index (κ3) is 4.39. The number of methoxy groups -OCH3 is 2. The molecule has 8 heteroatoms. The number of carbonyl (C=O) groups is 2. The van der Waals surface area contributed by atoms with E-state index < -0.39 is 23.5 Å². The lowest BCUT2D eigenvalue weighted by Gasteiger charge is -2.26. The van der Waals surface area contributed by atoms with E-state index in [9.17, 15) is 19.1 Å². The van der Waals surface area contributed by atoms with Gasteiger partial charge in [0, 0.05) is 19.2 Å². The number of amides is 1. The highest BCUT2D eigenvalue weighted by molar-refractivity contribution is 6.46. The fourth-order valence-electron chi connectivity index (χ4n) is 3.55. The van der Waals surface area contributed by atoms with Crippen molar-refractivity contribution in [3.8, 4) is 11.5 Å². The number of likely N-dealkylation sites (N-methyl/N-ethyl adjacent to an activating group) is 1. The first-order valence-corrected chi connectivity index (χ1v) is 9.69. The lowest BCUT2D eigenvalue weighted by molar-refractivity contribution is -0.140. The Balaban J connectivity index is 2.18. The summed E-state index contributed by atoms with van der Waals surface area (Å²) in [7, 11) is 6.63. The summed E-state index contributed by atoms with van der Waals surface area (Å²) in [6, 6.07) is 9.43. The van der Waals surface area contributed by atoms with E-state index in [1.807, 2.05) is 19.0 Å². The van der Waals surface area contributed by atoms with E-state index in [4.69, 9.17) is 9.47 Å². The van der Waals surface area contributed by atoms with Gasteiger partial charge in [0.25, 0.3) is 11.7 Å². The van der Waals surface area contributed by atoms with Crippen LogP contribution in [0.4, 0.5) is 4.39 Å². The minimum atomic E-state index is -0.854. The lowest BCUT2D eigenvalue weighted by atomic mass is 9.95. The van der Waals surface area contributed by atoms with Crippen molar-refractivity contribution in [2.75, 3.05) is 41.4 Å². The number of carbonyl (C=O) groups excluding carboxylic acids is 2. The Hall–Kier alpha value is -3.39. The Labute approximate surface area is 180 Å². The second-order valence-electron chi connectivity index (χ2n) is 7.41. The van der Waals surface area contributed by atoms with E-state index in [0.717, 1.165) is 0 Å². The number of aliphatic hydroxyl groups is 1. The van der Waals surface area contributed by atoms with Gasteiger partial charge in [-0.2, -0.15) is 0 Å². The van der Waals surface area contributed by atoms with Crippen LogP contribution in [0.25, 0.3) is 5.76 Å². The number of hydrogen-bond donors (Lipinski definition) is 1. The number of ketones is 1. The van der Waals surface area contributed by atoms with Crippen molar-refractivity contribution in [3.05, 3.63) is 65.0 Å². The molecule has 1 fully saturated rings. The molecule has 1 atom stereocenters. The topological polar surface area (TPSA) is 79.3 Å². The maximum atomic E-state index is 13.5. The van der Waals surface area contributed by atoms with E-state index in [1.165, 1.54) is 43.4 Å². The second kappa shape index (κ2) is 9.18. The molecule has 0 aliphatic carbocycles. The van der Waals surface area contributed by atoms with Crippen LogP contribution in [0.5, 0.6) is 11.5 Å². The number of ether oxygens (including phenoxy) is 2. The maximum Gasteiger partial charge on any atom is 0.295 e. The van der Waals surface area contributed by atoms with Crippen LogP contribution in [0.15, 0.2) is 48.0 Å². The molecule has 1 unspecified atom stereocenters. The zero-order chi connectivity index (χ0) is 22.7. The monoisotopic (exact) mass is 428 g/mol. The summed E-state index contributed by atoms with van der Waals surface area (Å²) >= 11 is 0. The van der Waals surface area contributed by atoms with Gasteiger partial charge < -0.3 is 24.4 Å². The van der Waals surface area contributed by atoms with Crippen molar-refractivity contribution in [2.45, 2.75) is 6.04 Å². The van der Waals surface area contributed by atoms with Crippen LogP contribution < -0.4 is 9.47 Å². The minimum absolute atomic E-state index is 0.0705. The van der Waals surface area contributed by atoms with Gasteiger partial charge in [0.05, 0.1) is 31.4 Å². The number of aliphatic hydroxyl groups excluding tert-OH is 1. The number of benzene rings is 2. The number of rotatable bonds is 7. The predicted molar refractivity (Wildman–Crippen MR) is 114 cm³/mol. The summed E-state index contributed by atoms with van der Waals surface area (Å²) in [4.78, 5) is 29.1. The van der Waals surface area contributed by atoms with Crippen molar-refractivity contribution >= 4 is 17.4 Å². The largest absolute Gasteiger partial charge is 0.507 e. The Morgan fingerprint density at radius 1 is 1.10 bits per heavy atom. The summed E-state index contributed by atoms with van der Waals surface area (Å²) < 4.78 is 24.1. The van der Waals surface area contributed by atoms with Gasteiger partial charge in [-0.1, -0.05) is 12.1 Å². The smallest absolute Gasteiger partial charge is 0.295 e. The lowest BCUT2D eigenvalue weighted by Crippen LogP contribution is -2.35. The molecule has 2 aromatic rings. The molecule has 0 aromatic heterocycles. The van der Waals surface area contributed by atoms with Crippen molar-refractivity contribution in [1.29, 1.82) is 0 Å². The molecule has 0 bridgehead atoms. The zero-order valence-corrected chi connectivity index (χ0v) is 17.9. The minimum Gasteiger partial charge on any atom is -0.507 e. The van der Waals surface area contributed by atoms with Crippen LogP contribution in [0, 0.1) is 5.82 Å². The van der Waals surface area contributed by atoms with Crippen LogP contribution in [0.2, 0.25) is 0 Å². The van der Waals surface area contributed by atoms with E-state index in [1.54, 1.807) is 18.2 Å². The molecule has 3 rings (SSSR count). The van der Waals surface area contributed by atoms with E-state index in [2.05, 4.69) is 0 Å². The number of Topliss-reactive ketones (excluding diaryl/α,β-unsaturated/α-hetero) is 1. The van der Waals surface area contributed by atoms with Gasteiger partial charge in [-0.3, -0.25) is 9.59 Å². The third-order valence-corrected chi connectivity index (χ3v) is 5.18. The number of hydrogen-bond acceptors (Lipinski definition) is 6. The summed E-state index contributed by atoms with van der Waals surface area (Å²) in [6.07, 6.45) is 0. The quantitative estimate of drug-likeness (QED) is 0.415. The van der Waals surface area contributed by atoms with Crippen LogP contribution in [-0.2, 0) is 9.59 Å². The molecule has 1 N–H and O–H groups in total. The van der Waals surface area contributed by atoms with E-state index >= 15 is 0 Å². The summed E-state index contributed by atoms with van der Waals surface area (Å²) in [5.74, 6) is -1.52. The molecule has 1 heterocycles. The summed E-state index contributed by atoms with van der Waals surface area (Å²) in [6.45, 7) is 0.771. The Kier molecular flexibility index (Phi) is 6.60. The third-order valence-electron chi connectivity index (χ3n) is 5.18. The highest BCUT2D eigenvalue weighted by atomic mass is 19.1. The van der Waals surface area contributed by atoms with Crippen molar-refractivity contribution in [1.82, 2.24) is 9.80 Å². The number of likely N-dealkylation sites (tertiary alicyclic amines) is 1. The average Bonchev–Trinajstić information content (AvgIpc) is 3.01. The maximum absolute atomic E-state index is 13.5. The molecule has 1 aliphatic heterocycles. The standard InChI is InChI=1S/C23H25FN2O5/c1-25(2)11-12-26-20(14-5-7-15(24)8-6-14)19(22(28)23(26)29)21(27)17-10-9-16(30-3)13-18(17)31-4/h5-10,13,20,27H,11-12H2,1-4H3/b21-19+. The molecule has 1 aliphatic rings. The van der Waals surface area contributed by atoms with Gasteiger partial charge in [-0.05, 0) is 43.9 Å². The first-order chi connectivity index (χ1) is 14.8. The Bertz CT molecular complexity index is 1020. The van der Waals surface area contributed by atoms with Crippen molar-refractivity contribution in [3.63, 3.8) is 0 Å². The first-order valence-electron chi connectivity index (χ1n) is 9.69. The fourth-order valence-corrected chi connectivity index (χ4v) is 3.55. The first kappa shape index (κ1) is 22.3. The predicted octanol–water partition coefficient (Wildman–Crippen LogP) is 2.83. The van der Waals surface area contributed by atoms with Gasteiger partial charge in [0.1, 0.15) is 23.1 Å². The molecule has 1 amide bonds. The van der Waals surface area contributed by atoms with Gasteiger partial charge >= 0.3 is 0 Å². The molecule has 0 radical (unpaired) electrons. The molecular formula is C23H25FN2O5. The highest BCUT2D eigenvalue weighted by Crippen LogP contribution is 2.41. The van der Waals surface area contributed by atoms with Gasteiger partial charge in [-0.15, -0.1) is 0 Å². The molecule has 31 heavy (non-hydrogen) atoms. The van der Waals surface area contributed by atoms with Crippen LogP contribution >= 0.6 is 0 Å². The van der Waals surface area contributed by atoms with Gasteiger partial charge in [-0.25, -0.2) is 4.39 Å². The molecule has 2 aromatic carbocycles.